The summed E-state index contributed by atoms with van der Waals surface area (Å²) >= 11 is 0. The Hall–Kier alpha value is -1.92. The summed E-state index contributed by atoms with van der Waals surface area (Å²) in [5.74, 6) is -0.648. The van der Waals surface area contributed by atoms with Crippen molar-refractivity contribution in [2.45, 2.75) is 25.7 Å². The van der Waals surface area contributed by atoms with Crippen molar-refractivity contribution in [1.82, 2.24) is 5.32 Å². The molecule has 120 valence electrons. The molecule has 22 heavy (non-hydrogen) atoms. The summed E-state index contributed by atoms with van der Waals surface area (Å²) in [5, 5.41) is 12.0. The van der Waals surface area contributed by atoms with Gasteiger partial charge in [0.15, 0.2) is 0 Å². The maximum absolute atomic E-state index is 11.9. The number of ether oxygens (including phenoxy) is 2. The first kappa shape index (κ1) is 16.5. The number of rotatable bonds is 9. The molecule has 2 rings (SSSR count). The average molecular weight is 307 g/mol. The smallest absolute Gasteiger partial charge is 0.293 e. The van der Waals surface area contributed by atoms with Crippen LogP contribution in [0, 0.1) is 11.8 Å². The maximum atomic E-state index is 11.9. The second-order valence-corrected chi connectivity index (χ2v) is 5.48. The van der Waals surface area contributed by atoms with E-state index in [4.69, 9.17) is 9.47 Å². The quantitative estimate of drug-likeness (QED) is 0.512. The lowest BCUT2D eigenvalue weighted by Crippen LogP contribution is -2.66. The van der Waals surface area contributed by atoms with Crippen molar-refractivity contribution >= 4 is 12.4 Å². The van der Waals surface area contributed by atoms with Gasteiger partial charge >= 0.3 is 0 Å². The van der Waals surface area contributed by atoms with Crippen molar-refractivity contribution in [2.24, 2.45) is 11.8 Å². The van der Waals surface area contributed by atoms with Crippen molar-refractivity contribution in [2.75, 3.05) is 13.2 Å². The molecule has 2 N–H and O–H groups in total. The molecule has 0 aliphatic carbocycles. The van der Waals surface area contributed by atoms with Crippen LogP contribution in [0.3, 0.4) is 0 Å². The van der Waals surface area contributed by atoms with Crippen LogP contribution in [0.25, 0.3) is 0 Å². The Morgan fingerprint density at radius 3 is 2.68 bits per heavy atom. The third kappa shape index (κ3) is 3.84. The summed E-state index contributed by atoms with van der Waals surface area (Å²) in [6.07, 6.45) is -0.529. The zero-order valence-corrected chi connectivity index (χ0v) is 12.5. The largest absolute Gasteiger partial charge is 0.465 e. The zero-order valence-electron chi connectivity index (χ0n) is 12.5. The highest BCUT2D eigenvalue weighted by Crippen LogP contribution is 2.28. The normalized spacial score (nSPS) is 23.1. The van der Waals surface area contributed by atoms with Crippen molar-refractivity contribution in [1.29, 1.82) is 0 Å². The monoisotopic (exact) mass is 307 g/mol. The molecule has 1 amide bonds. The van der Waals surface area contributed by atoms with E-state index in [-0.39, 0.29) is 31.1 Å². The molecule has 1 aromatic carbocycles. The van der Waals surface area contributed by atoms with E-state index >= 15 is 0 Å². The standard InChI is InChI=1S/C16H21NO5/c1-11(7-18)15-14(16(20)17-15)13(9-21-10-19)22-8-12-5-3-2-4-6-12/h2-6,10-11,13-15,18H,7-9H2,1H3,(H,17,20)/t11-,13-,14+,15+/m0/s1. The summed E-state index contributed by atoms with van der Waals surface area (Å²) in [4.78, 5) is 22.3. The molecule has 1 heterocycles. The van der Waals surface area contributed by atoms with Crippen LogP contribution < -0.4 is 5.32 Å². The van der Waals surface area contributed by atoms with E-state index in [0.717, 1.165) is 5.56 Å². The van der Waals surface area contributed by atoms with Gasteiger partial charge in [0.2, 0.25) is 5.91 Å². The number of carbonyl (C=O) groups excluding carboxylic acids is 2. The molecule has 1 saturated heterocycles. The topological polar surface area (TPSA) is 84.9 Å². The Morgan fingerprint density at radius 1 is 1.36 bits per heavy atom. The van der Waals surface area contributed by atoms with Crippen LogP contribution >= 0.6 is 0 Å². The first-order valence-electron chi connectivity index (χ1n) is 7.29. The van der Waals surface area contributed by atoms with Gasteiger partial charge in [-0.3, -0.25) is 9.59 Å². The van der Waals surface area contributed by atoms with E-state index in [1.54, 1.807) is 0 Å². The highest BCUT2D eigenvalue weighted by atomic mass is 16.6. The predicted octanol–water partition coefficient (Wildman–Crippen LogP) is 0.488. The Kier molecular flexibility index (Phi) is 5.91. The van der Waals surface area contributed by atoms with Crippen molar-refractivity contribution in [3.63, 3.8) is 0 Å². The molecule has 0 radical (unpaired) electrons. The highest BCUT2D eigenvalue weighted by molar-refractivity contribution is 5.86. The van der Waals surface area contributed by atoms with Gasteiger partial charge in [0.1, 0.15) is 12.7 Å². The lowest BCUT2D eigenvalue weighted by molar-refractivity contribution is -0.156. The Balaban J connectivity index is 2.01. The van der Waals surface area contributed by atoms with E-state index < -0.39 is 12.0 Å². The van der Waals surface area contributed by atoms with Gasteiger partial charge in [0.05, 0.1) is 12.5 Å². The molecule has 1 aliphatic heterocycles. The molecule has 0 aromatic heterocycles. The number of β-lactam (4-membered cyclic amide) rings is 1. The second-order valence-electron chi connectivity index (χ2n) is 5.48. The van der Waals surface area contributed by atoms with Gasteiger partial charge in [-0.1, -0.05) is 37.3 Å². The summed E-state index contributed by atoms with van der Waals surface area (Å²) in [7, 11) is 0. The van der Waals surface area contributed by atoms with Gasteiger partial charge < -0.3 is 19.9 Å². The number of nitrogens with one attached hydrogen (secondary N) is 1. The van der Waals surface area contributed by atoms with Gasteiger partial charge in [0, 0.05) is 18.6 Å². The number of aliphatic hydroxyl groups is 1. The molecular weight excluding hydrogens is 286 g/mol. The van der Waals surface area contributed by atoms with E-state index in [1.165, 1.54) is 0 Å². The minimum atomic E-state index is -0.529. The minimum Gasteiger partial charge on any atom is -0.465 e. The summed E-state index contributed by atoms with van der Waals surface area (Å²) in [5.41, 5.74) is 0.977. The van der Waals surface area contributed by atoms with Crippen LogP contribution in [0.15, 0.2) is 30.3 Å². The number of hydrogen-bond donors (Lipinski definition) is 2. The predicted molar refractivity (Wildman–Crippen MR) is 78.7 cm³/mol. The third-order valence-corrected chi connectivity index (χ3v) is 3.94. The van der Waals surface area contributed by atoms with E-state index in [0.29, 0.717) is 13.1 Å². The number of benzene rings is 1. The third-order valence-electron chi connectivity index (χ3n) is 3.94. The SMILES string of the molecule is C[C@@H](CO)[C@H]1NC(=O)[C@@H]1[C@H](COC=O)OCc1ccccc1. The van der Waals surface area contributed by atoms with Crippen LogP contribution in [-0.4, -0.2) is 42.8 Å². The average Bonchev–Trinajstić information content (AvgIpc) is 2.55. The van der Waals surface area contributed by atoms with Crippen LogP contribution in [0.5, 0.6) is 0 Å². The molecule has 6 nitrogen and oxygen atoms in total. The van der Waals surface area contributed by atoms with Gasteiger partial charge in [-0.2, -0.15) is 0 Å². The van der Waals surface area contributed by atoms with E-state index in [9.17, 15) is 14.7 Å². The van der Waals surface area contributed by atoms with Gasteiger partial charge in [-0.25, -0.2) is 0 Å². The lowest BCUT2D eigenvalue weighted by atomic mass is 9.79. The number of aliphatic hydroxyl groups excluding tert-OH is 1. The molecule has 1 fully saturated rings. The molecule has 1 aliphatic rings. The van der Waals surface area contributed by atoms with Crippen molar-refractivity contribution in [3.8, 4) is 0 Å². The van der Waals surface area contributed by atoms with Gasteiger partial charge in [-0.15, -0.1) is 0 Å². The molecule has 0 spiro atoms. The first-order valence-corrected chi connectivity index (χ1v) is 7.29. The molecule has 0 bridgehead atoms. The second kappa shape index (κ2) is 7.91. The first-order chi connectivity index (χ1) is 10.7. The van der Waals surface area contributed by atoms with Crippen LogP contribution in [-0.2, 0) is 25.7 Å². The fraction of sp³-hybridized carbons (Fsp3) is 0.500. The Labute approximate surface area is 129 Å². The summed E-state index contributed by atoms with van der Waals surface area (Å²) in [6.45, 7) is 2.52. The molecular formula is C16H21NO5. The lowest BCUT2D eigenvalue weighted by Gasteiger charge is -2.43. The van der Waals surface area contributed by atoms with Crippen molar-refractivity contribution in [3.05, 3.63) is 35.9 Å². The Morgan fingerprint density at radius 2 is 2.09 bits per heavy atom. The maximum Gasteiger partial charge on any atom is 0.293 e. The molecule has 6 heteroatoms. The fourth-order valence-corrected chi connectivity index (χ4v) is 2.59. The van der Waals surface area contributed by atoms with Crippen LogP contribution in [0.4, 0.5) is 0 Å². The van der Waals surface area contributed by atoms with Crippen molar-refractivity contribution < 1.29 is 24.2 Å². The summed E-state index contributed by atoms with van der Waals surface area (Å²) < 4.78 is 10.6. The molecule has 1 aromatic rings. The van der Waals surface area contributed by atoms with Gasteiger partial charge in [-0.05, 0) is 5.56 Å². The molecule has 0 unspecified atom stereocenters. The van der Waals surface area contributed by atoms with Gasteiger partial charge in [0.25, 0.3) is 6.47 Å². The van der Waals surface area contributed by atoms with E-state index in [2.05, 4.69) is 5.32 Å². The van der Waals surface area contributed by atoms with E-state index in [1.807, 2.05) is 37.3 Å². The van der Waals surface area contributed by atoms with Crippen LogP contribution in [0.2, 0.25) is 0 Å². The van der Waals surface area contributed by atoms with Crippen LogP contribution in [0.1, 0.15) is 12.5 Å². The fourth-order valence-electron chi connectivity index (χ4n) is 2.59. The zero-order chi connectivity index (χ0) is 15.9. The number of hydrogen-bond acceptors (Lipinski definition) is 5. The molecule has 0 saturated carbocycles. The highest BCUT2D eigenvalue weighted by Gasteiger charge is 2.47. The summed E-state index contributed by atoms with van der Waals surface area (Å²) in [6, 6.07) is 9.39. The Bertz CT molecular complexity index is 493. The molecule has 4 atom stereocenters. The number of amides is 1. The minimum absolute atomic E-state index is 0.0169. The number of carbonyl (C=O) groups is 2.